The maximum Gasteiger partial charge on any atom is 0.355 e. The highest BCUT2D eigenvalue weighted by Gasteiger charge is 2.29. The molecule has 0 aliphatic heterocycles. The summed E-state index contributed by atoms with van der Waals surface area (Å²) in [6.45, 7) is 9.57. The molecule has 0 unspecified atom stereocenters. The van der Waals surface area contributed by atoms with E-state index in [1.165, 1.54) is 0 Å². The van der Waals surface area contributed by atoms with Crippen LogP contribution in [0.5, 0.6) is 0 Å². The molecule has 2 aromatic rings. The maximum absolute atomic E-state index is 12.7. The van der Waals surface area contributed by atoms with Crippen molar-refractivity contribution >= 4 is 41.6 Å². The molecular weight excluding hydrogens is 415 g/mol. The van der Waals surface area contributed by atoms with Crippen LogP contribution in [0.3, 0.4) is 0 Å². The van der Waals surface area contributed by atoms with Gasteiger partial charge >= 0.3 is 11.9 Å². The van der Waals surface area contributed by atoms with Crippen LogP contribution in [-0.2, 0) is 22.4 Å². The number of anilines is 1. The number of carbonyl (C=O) groups excluding carboxylic acids is 2. The number of esters is 2. The molecule has 2 rings (SSSR count). The largest absolute Gasteiger partial charge is 0.462 e. The van der Waals surface area contributed by atoms with Crippen LogP contribution < -0.4 is 5.32 Å². The zero-order valence-electron chi connectivity index (χ0n) is 17.3. The topological polar surface area (TPSA) is 80.4 Å². The SMILES string of the molecule is CCOC(=O)c1c(CNc2cccc(Cl)c2)[nH]c(C(=O)OC(C)(C)C)c1CC.Cl. The van der Waals surface area contributed by atoms with E-state index in [0.717, 1.165) is 5.69 Å². The van der Waals surface area contributed by atoms with Crippen LogP contribution >= 0.6 is 24.0 Å². The Morgan fingerprint density at radius 1 is 1.17 bits per heavy atom. The van der Waals surface area contributed by atoms with Gasteiger partial charge in [-0.25, -0.2) is 9.59 Å². The van der Waals surface area contributed by atoms with E-state index in [2.05, 4.69) is 10.3 Å². The number of hydrogen-bond donors (Lipinski definition) is 2. The van der Waals surface area contributed by atoms with Gasteiger partial charge in [0.15, 0.2) is 0 Å². The Hall–Kier alpha value is -2.18. The maximum atomic E-state index is 12.7. The lowest BCUT2D eigenvalue weighted by atomic mass is 10.1. The summed E-state index contributed by atoms with van der Waals surface area (Å²) in [4.78, 5) is 28.3. The molecule has 0 aliphatic rings. The number of halogens is 2. The van der Waals surface area contributed by atoms with Crippen LogP contribution in [-0.4, -0.2) is 29.1 Å². The molecule has 8 heteroatoms. The molecule has 0 fully saturated rings. The molecule has 0 saturated carbocycles. The molecule has 1 aromatic heterocycles. The highest BCUT2D eigenvalue weighted by Crippen LogP contribution is 2.25. The Bertz CT molecular complexity index is 857. The van der Waals surface area contributed by atoms with Gasteiger partial charge in [0, 0.05) is 16.4 Å². The zero-order valence-corrected chi connectivity index (χ0v) is 18.9. The third kappa shape index (κ3) is 6.68. The van der Waals surface area contributed by atoms with Gasteiger partial charge in [-0.1, -0.05) is 24.6 Å². The first-order valence-corrected chi connectivity index (χ1v) is 9.67. The Morgan fingerprint density at radius 3 is 2.41 bits per heavy atom. The lowest BCUT2D eigenvalue weighted by Gasteiger charge is -2.19. The predicted molar refractivity (Wildman–Crippen MR) is 117 cm³/mol. The number of hydrogen-bond acceptors (Lipinski definition) is 5. The van der Waals surface area contributed by atoms with E-state index in [1.54, 1.807) is 39.8 Å². The standard InChI is InChI=1S/C21H27ClN2O4.ClH/c1-6-15-17(19(25)27-7-2)16(12-23-14-10-8-9-13(22)11-14)24-18(15)20(26)28-21(3,4)5;/h8-11,23-24H,6-7,12H2,1-5H3;1H. The Labute approximate surface area is 182 Å². The van der Waals surface area contributed by atoms with Crippen molar-refractivity contribution in [1.82, 2.24) is 4.98 Å². The van der Waals surface area contributed by atoms with Gasteiger partial charge in [-0.05, 0) is 57.9 Å². The third-order valence-corrected chi connectivity index (χ3v) is 4.15. The first-order chi connectivity index (χ1) is 13.2. The second kappa shape index (κ2) is 10.6. The van der Waals surface area contributed by atoms with E-state index in [1.807, 2.05) is 19.1 Å². The molecule has 0 spiro atoms. The molecule has 0 radical (unpaired) electrons. The van der Waals surface area contributed by atoms with Crippen molar-refractivity contribution in [3.05, 3.63) is 51.8 Å². The quantitative estimate of drug-likeness (QED) is 0.561. The molecule has 1 heterocycles. The van der Waals surface area contributed by atoms with Gasteiger partial charge in [-0.15, -0.1) is 12.4 Å². The molecule has 0 atom stereocenters. The van der Waals surface area contributed by atoms with E-state index in [9.17, 15) is 9.59 Å². The molecular formula is C21H28Cl2N2O4. The second-order valence-electron chi connectivity index (χ2n) is 7.27. The van der Waals surface area contributed by atoms with Crippen molar-refractivity contribution in [2.45, 2.75) is 53.2 Å². The minimum absolute atomic E-state index is 0. The van der Waals surface area contributed by atoms with Crippen LogP contribution in [0.2, 0.25) is 5.02 Å². The summed E-state index contributed by atoms with van der Waals surface area (Å²) < 4.78 is 10.7. The number of H-pyrrole nitrogens is 1. The number of aromatic nitrogens is 1. The number of carbonyl (C=O) groups is 2. The van der Waals surface area contributed by atoms with Crippen LogP contribution in [0.4, 0.5) is 5.69 Å². The Kier molecular flexibility index (Phi) is 9.05. The van der Waals surface area contributed by atoms with Crippen LogP contribution in [0, 0.1) is 0 Å². The minimum atomic E-state index is -0.642. The van der Waals surface area contributed by atoms with Crippen LogP contribution in [0.1, 0.15) is 66.7 Å². The third-order valence-electron chi connectivity index (χ3n) is 3.91. The van der Waals surface area contributed by atoms with E-state index in [4.69, 9.17) is 21.1 Å². The molecule has 160 valence electrons. The van der Waals surface area contributed by atoms with Gasteiger partial charge in [0.1, 0.15) is 11.3 Å². The van der Waals surface area contributed by atoms with Crippen molar-refractivity contribution in [1.29, 1.82) is 0 Å². The summed E-state index contributed by atoms with van der Waals surface area (Å²) in [5.74, 6) is -0.961. The van der Waals surface area contributed by atoms with E-state index < -0.39 is 17.5 Å². The van der Waals surface area contributed by atoms with Gasteiger partial charge in [0.25, 0.3) is 0 Å². The van der Waals surface area contributed by atoms with Crippen molar-refractivity contribution in [3.8, 4) is 0 Å². The lowest BCUT2D eigenvalue weighted by molar-refractivity contribution is 0.00622. The fraction of sp³-hybridized carbons (Fsp3) is 0.429. The minimum Gasteiger partial charge on any atom is -0.462 e. The van der Waals surface area contributed by atoms with Crippen molar-refractivity contribution in [2.24, 2.45) is 0 Å². The van der Waals surface area contributed by atoms with Crippen LogP contribution in [0.25, 0.3) is 0 Å². The van der Waals surface area contributed by atoms with Crippen LogP contribution in [0.15, 0.2) is 24.3 Å². The van der Waals surface area contributed by atoms with Crippen molar-refractivity contribution in [2.75, 3.05) is 11.9 Å². The summed E-state index contributed by atoms with van der Waals surface area (Å²) in [5.41, 5.74) is 1.97. The number of aromatic amines is 1. The summed E-state index contributed by atoms with van der Waals surface area (Å²) >= 11 is 6.02. The van der Waals surface area contributed by atoms with Gasteiger partial charge < -0.3 is 19.8 Å². The molecule has 0 bridgehead atoms. The molecule has 0 aliphatic carbocycles. The fourth-order valence-electron chi connectivity index (χ4n) is 2.82. The number of ether oxygens (including phenoxy) is 2. The summed E-state index contributed by atoms with van der Waals surface area (Å²) in [6, 6.07) is 7.26. The van der Waals surface area contributed by atoms with Gasteiger partial charge in [-0.2, -0.15) is 0 Å². The highest BCUT2D eigenvalue weighted by atomic mass is 35.5. The zero-order chi connectivity index (χ0) is 20.9. The Morgan fingerprint density at radius 2 is 1.86 bits per heavy atom. The molecule has 0 amide bonds. The van der Waals surface area contributed by atoms with E-state index in [-0.39, 0.29) is 24.7 Å². The van der Waals surface area contributed by atoms with Gasteiger partial charge in [0.05, 0.1) is 18.7 Å². The smallest absolute Gasteiger partial charge is 0.355 e. The molecule has 0 saturated heterocycles. The van der Waals surface area contributed by atoms with Gasteiger partial charge in [0.2, 0.25) is 0 Å². The highest BCUT2D eigenvalue weighted by molar-refractivity contribution is 6.30. The molecule has 2 N–H and O–H groups in total. The normalized spacial score (nSPS) is 10.8. The number of nitrogens with one attached hydrogen (secondary N) is 2. The molecule has 1 aromatic carbocycles. The molecule has 29 heavy (non-hydrogen) atoms. The average Bonchev–Trinajstić information content (AvgIpc) is 2.97. The first-order valence-electron chi connectivity index (χ1n) is 9.29. The van der Waals surface area contributed by atoms with E-state index in [0.29, 0.717) is 34.8 Å². The number of rotatable bonds is 7. The lowest BCUT2D eigenvalue weighted by Crippen LogP contribution is -2.24. The molecule has 6 nitrogen and oxygen atoms in total. The summed E-state index contributed by atoms with van der Waals surface area (Å²) in [5, 5.41) is 3.82. The summed E-state index contributed by atoms with van der Waals surface area (Å²) in [6.07, 6.45) is 0.483. The average molecular weight is 443 g/mol. The second-order valence-corrected chi connectivity index (χ2v) is 7.71. The predicted octanol–water partition coefficient (Wildman–Crippen LogP) is 5.40. The number of benzene rings is 1. The fourth-order valence-corrected chi connectivity index (χ4v) is 3.01. The monoisotopic (exact) mass is 442 g/mol. The van der Waals surface area contributed by atoms with Crippen molar-refractivity contribution in [3.63, 3.8) is 0 Å². The van der Waals surface area contributed by atoms with Crippen molar-refractivity contribution < 1.29 is 19.1 Å². The van der Waals surface area contributed by atoms with E-state index >= 15 is 0 Å². The first kappa shape index (κ1) is 24.9. The van der Waals surface area contributed by atoms with Gasteiger partial charge in [-0.3, -0.25) is 0 Å². The Balaban J connectivity index is 0.00000420. The summed E-state index contributed by atoms with van der Waals surface area (Å²) in [7, 11) is 0.